The van der Waals surface area contributed by atoms with E-state index in [4.69, 9.17) is 5.73 Å². The first-order chi connectivity index (χ1) is 8.20. The number of rotatable bonds is 5. The monoisotopic (exact) mass is 232 g/mol. The molecule has 0 amide bonds. The summed E-state index contributed by atoms with van der Waals surface area (Å²) in [6.45, 7) is 4.27. The highest BCUT2D eigenvalue weighted by Crippen LogP contribution is 2.35. The number of anilines is 2. The minimum absolute atomic E-state index is 0.400. The molecule has 1 aromatic heterocycles. The predicted octanol–water partition coefficient (Wildman–Crippen LogP) is 1.99. The van der Waals surface area contributed by atoms with Gasteiger partial charge in [0.15, 0.2) is 0 Å². The van der Waals surface area contributed by atoms with Gasteiger partial charge in [-0.2, -0.15) is 4.98 Å². The van der Waals surface area contributed by atoms with Crippen molar-refractivity contribution in [2.75, 3.05) is 23.7 Å². The molecule has 3 rings (SSSR count). The summed E-state index contributed by atoms with van der Waals surface area (Å²) in [7, 11) is 0. The second-order valence-corrected chi connectivity index (χ2v) is 5.52. The van der Waals surface area contributed by atoms with Crippen molar-refractivity contribution < 1.29 is 0 Å². The van der Waals surface area contributed by atoms with Crippen LogP contribution in [0.25, 0.3) is 0 Å². The molecule has 17 heavy (non-hydrogen) atoms. The first-order valence-corrected chi connectivity index (χ1v) is 6.57. The largest absolute Gasteiger partial charge is 0.368 e. The van der Waals surface area contributed by atoms with Crippen molar-refractivity contribution in [3.63, 3.8) is 0 Å². The Balaban J connectivity index is 1.78. The molecule has 0 unspecified atom stereocenters. The number of nitrogen functional groups attached to an aromatic ring is 1. The number of hydrogen-bond acceptors (Lipinski definition) is 4. The molecule has 2 saturated carbocycles. The lowest BCUT2D eigenvalue weighted by Crippen LogP contribution is -2.29. The average molecular weight is 232 g/mol. The lowest BCUT2D eigenvalue weighted by molar-refractivity contribution is 0.670. The number of nitrogens with two attached hydrogens (primary N) is 1. The summed E-state index contributed by atoms with van der Waals surface area (Å²) in [6, 6.07) is 2.06. The Bertz CT molecular complexity index is 376. The summed E-state index contributed by atoms with van der Waals surface area (Å²) >= 11 is 0. The maximum atomic E-state index is 5.74. The minimum Gasteiger partial charge on any atom is -0.368 e. The van der Waals surface area contributed by atoms with E-state index in [-0.39, 0.29) is 0 Å². The zero-order chi connectivity index (χ0) is 11.8. The van der Waals surface area contributed by atoms with Crippen molar-refractivity contribution in [3.05, 3.63) is 11.8 Å². The zero-order valence-electron chi connectivity index (χ0n) is 10.4. The summed E-state index contributed by atoms with van der Waals surface area (Å²) in [5, 5.41) is 0. The molecule has 2 aliphatic carbocycles. The number of aryl methyl sites for hydroxylation is 1. The molecule has 0 aromatic carbocycles. The van der Waals surface area contributed by atoms with Gasteiger partial charge in [0.25, 0.3) is 0 Å². The highest BCUT2D eigenvalue weighted by molar-refractivity contribution is 5.43. The number of nitrogens with zero attached hydrogens (tertiary/aromatic N) is 3. The van der Waals surface area contributed by atoms with Crippen LogP contribution in [0.3, 0.4) is 0 Å². The zero-order valence-corrected chi connectivity index (χ0v) is 10.4. The number of hydrogen-bond donors (Lipinski definition) is 1. The van der Waals surface area contributed by atoms with E-state index in [9.17, 15) is 0 Å². The third-order valence-corrected chi connectivity index (χ3v) is 3.53. The van der Waals surface area contributed by atoms with E-state index in [1.54, 1.807) is 0 Å². The van der Waals surface area contributed by atoms with Crippen LogP contribution in [0.5, 0.6) is 0 Å². The average Bonchev–Trinajstić information content (AvgIpc) is 3.09. The quantitative estimate of drug-likeness (QED) is 0.843. The predicted molar refractivity (Wildman–Crippen MR) is 68.8 cm³/mol. The van der Waals surface area contributed by atoms with Crippen LogP contribution in [0.1, 0.15) is 31.4 Å². The molecular formula is C13H20N4. The van der Waals surface area contributed by atoms with E-state index < -0.39 is 0 Å². The summed E-state index contributed by atoms with van der Waals surface area (Å²) in [6.07, 6.45) is 5.50. The van der Waals surface area contributed by atoms with Crippen molar-refractivity contribution in [1.82, 2.24) is 9.97 Å². The Kier molecular flexibility index (Phi) is 2.65. The lowest BCUT2D eigenvalue weighted by atomic mass is 10.3. The second kappa shape index (κ2) is 4.17. The number of aromatic nitrogens is 2. The van der Waals surface area contributed by atoms with Crippen LogP contribution in [0.15, 0.2) is 6.07 Å². The molecule has 4 nitrogen and oxygen atoms in total. The highest BCUT2D eigenvalue weighted by atomic mass is 15.2. The Labute approximate surface area is 102 Å². The minimum atomic E-state index is 0.400. The van der Waals surface area contributed by atoms with Gasteiger partial charge in [-0.1, -0.05) is 0 Å². The molecule has 0 radical (unpaired) electrons. The Morgan fingerprint density at radius 1 is 1.18 bits per heavy atom. The Hall–Kier alpha value is -1.32. The maximum absolute atomic E-state index is 5.74. The first kappa shape index (κ1) is 10.8. The van der Waals surface area contributed by atoms with Crippen LogP contribution in [-0.4, -0.2) is 23.1 Å². The molecule has 0 atom stereocenters. The van der Waals surface area contributed by atoms with E-state index in [0.29, 0.717) is 5.95 Å². The van der Waals surface area contributed by atoms with Crippen molar-refractivity contribution in [2.24, 2.45) is 11.8 Å². The molecule has 0 aliphatic heterocycles. The van der Waals surface area contributed by atoms with Crippen molar-refractivity contribution >= 4 is 11.8 Å². The molecule has 0 saturated heterocycles. The smallest absolute Gasteiger partial charge is 0.222 e. The summed E-state index contributed by atoms with van der Waals surface area (Å²) in [4.78, 5) is 11.0. The summed E-state index contributed by atoms with van der Waals surface area (Å²) in [5.41, 5.74) is 6.70. The fraction of sp³-hybridized carbons (Fsp3) is 0.692. The van der Waals surface area contributed by atoms with Crippen LogP contribution in [0.4, 0.5) is 11.8 Å². The van der Waals surface area contributed by atoms with E-state index in [1.165, 1.54) is 25.7 Å². The van der Waals surface area contributed by atoms with Crippen LogP contribution in [0.2, 0.25) is 0 Å². The van der Waals surface area contributed by atoms with E-state index in [2.05, 4.69) is 20.9 Å². The molecule has 92 valence electrons. The van der Waals surface area contributed by atoms with Gasteiger partial charge in [0, 0.05) is 24.8 Å². The van der Waals surface area contributed by atoms with Crippen molar-refractivity contribution in [3.8, 4) is 0 Å². The van der Waals surface area contributed by atoms with Crippen LogP contribution in [0, 0.1) is 18.8 Å². The van der Waals surface area contributed by atoms with Gasteiger partial charge in [-0.05, 0) is 44.4 Å². The van der Waals surface area contributed by atoms with Crippen molar-refractivity contribution in [2.45, 2.75) is 32.6 Å². The standard InChI is InChI=1S/C13H20N4/c1-9-6-12(16-13(14)15-9)17(7-10-2-3-10)8-11-4-5-11/h6,10-11H,2-5,7-8H2,1H3,(H2,14,15,16). The third kappa shape index (κ3) is 2.87. The fourth-order valence-electron chi connectivity index (χ4n) is 2.22. The molecule has 2 fully saturated rings. The van der Waals surface area contributed by atoms with Gasteiger partial charge < -0.3 is 10.6 Å². The highest BCUT2D eigenvalue weighted by Gasteiger charge is 2.30. The molecule has 0 spiro atoms. The van der Waals surface area contributed by atoms with Gasteiger partial charge in [0.2, 0.25) is 5.95 Å². The van der Waals surface area contributed by atoms with Crippen LogP contribution in [-0.2, 0) is 0 Å². The van der Waals surface area contributed by atoms with E-state index in [1.807, 2.05) is 6.92 Å². The molecule has 1 aromatic rings. The lowest BCUT2D eigenvalue weighted by Gasteiger charge is -2.24. The fourth-order valence-corrected chi connectivity index (χ4v) is 2.22. The van der Waals surface area contributed by atoms with Crippen molar-refractivity contribution in [1.29, 1.82) is 0 Å². The van der Waals surface area contributed by atoms with Gasteiger partial charge in [0.05, 0.1) is 0 Å². The maximum Gasteiger partial charge on any atom is 0.222 e. The Morgan fingerprint density at radius 3 is 2.24 bits per heavy atom. The van der Waals surface area contributed by atoms with Crippen LogP contribution >= 0.6 is 0 Å². The summed E-state index contributed by atoms with van der Waals surface area (Å²) in [5.74, 6) is 3.18. The first-order valence-electron chi connectivity index (χ1n) is 6.57. The van der Waals surface area contributed by atoms with Crippen LogP contribution < -0.4 is 10.6 Å². The van der Waals surface area contributed by atoms with Gasteiger partial charge in [0.1, 0.15) is 5.82 Å². The molecule has 1 heterocycles. The topological polar surface area (TPSA) is 55.0 Å². The molecular weight excluding hydrogens is 212 g/mol. The third-order valence-electron chi connectivity index (χ3n) is 3.53. The molecule has 2 aliphatic rings. The summed E-state index contributed by atoms with van der Waals surface area (Å²) < 4.78 is 0. The van der Waals surface area contributed by atoms with E-state index in [0.717, 1.165) is 36.4 Å². The van der Waals surface area contributed by atoms with Gasteiger partial charge in [-0.3, -0.25) is 0 Å². The van der Waals surface area contributed by atoms with Gasteiger partial charge >= 0.3 is 0 Å². The van der Waals surface area contributed by atoms with Gasteiger partial charge in [-0.25, -0.2) is 4.98 Å². The second-order valence-electron chi connectivity index (χ2n) is 5.52. The SMILES string of the molecule is Cc1cc(N(CC2CC2)CC2CC2)nc(N)n1. The van der Waals surface area contributed by atoms with E-state index >= 15 is 0 Å². The Morgan fingerprint density at radius 2 is 1.76 bits per heavy atom. The molecule has 0 bridgehead atoms. The van der Waals surface area contributed by atoms with Gasteiger partial charge in [-0.15, -0.1) is 0 Å². The molecule has 4 heteroatoms. The molecule has 2 N–H and O–H groups in total. The normalized spacial score (nSPS) is 19.4.